The average molecular weight is 377 g/mol. The number of aromatic nitrogens is 4. The molecule has 4 rings (SSSR count). The third-order valence-electron chi connectivity index (χ3n) is 4.92. The van der Waals surface area contributed by atoms with Gasteiger partial charge in [-0.3, -0.25) is 4.68 Å². The van der Waals surface area contributed by atoms with Gasteiger partial charge in [-0.25, -0.2) is 14.4 Å². The van der Waals surface area contributed by atoms with Gasteiger partial charge in [0.25, 0.3) is 0 Å². The summed E-state index contributed by atoms with van der Waals surface area (Å²) in [6, 6.07) is 8.97. The number of rotatable bonds is 3. The van der Waals surface area contributed by atoms with E-state index in [9.17, 15) is 9.65 Å². The number of halogens is 1. The minimum atomic E-state index is -0.240. The van der Waals surface area contributed by atoms with Crippen molar-refractivity contribution in [3.63, 3.8) is 0 Å². The number of nitrogens with zero attached hydrogens (tertiary/aromatic N) is 7. The summed E-state index contributed by atoms with van der Waals surface area (Å²) in [5.74, 6) is 0.931. The van der Waals surface area contributed by atoms with Crippen molar-refractivity contribution in [2.75, 3.05) is 29.4 Å². The van der Waals surface area contributed by atoms with E-state index in [0.717, 1.165) is 11.3 Å². The van der Waals surface area contributed by atoms with E-state index in [2.05, 4.69) is 37.9 Å². The molecule has 7 nitrogen and oxygen atoms in total. The van der Waals surface area contributed by atoms with Crippen LogP contribution in [0, 0.1) is 17.1 Å². The summed E-state index contributed by atoms with van der Waals surface area (Å²) in [6.45, 7) is 4.15. The van der Waals surface area contributed by atoms with Crippen molar-refractivity contribution in [1.82, 2.24) is 19.7 Å². The van der Waals surface area contributed by atoms with Gasteiger partial charge < -0.3 is 9.80 Å². The zero-order chi connectivity index (χ0) is 19.7. The fraction of sp³-hybridized carbons (Fsp3) is 0.300. The molecule has 0 aliphatic carbocycles. The molecule has 0 bridgehead atoms. The molecule has 1 aromatic carbocycles. The first kappa shape index (κ1) is 17.9. The third-order valence-corrected chi connectivity index (χ3v) is 4.92. The largest absolute Gasteiger partial charge is 0.365 e. The molecule has 142 valence electrons. The quantitative estimate of drug-likeness (QED) is 0.699. The molecule has 28 heavy (non-hydrogen) atoms. The lowest BCUT2D eigenvalue weighted by Crippen LogP contribution is -2.52. The Bertz CT molecular complexity index is 1040. The smallest absolute Gasteiger partial charge is 0.164 e. The number of benzene rings is 1. The maximum absolute atomic E-state index is 13.6. The van der Waals surface area contributed by atoms with E-state index >= 15 is 0 Å². The minimum Gasteiger partial charge on any atom is -0.365 e. The number of piperazine rings is 1. The van der Waals surface area contributed by atoms with Crippen molar-refractivity contribution in [2.45, 2.75) is 13.0 Å². The van der Waals surface area contributed by atoms with E-state index in [0.29, 0.717) is 36.8 Å². The van der Waals surface area contributed by atoms with Crippen LogP contribution in [0.5, 0.6) is 0 Å². The molecule has 1 atom stereocenters. The highest BCUT2D eigenvalue weighted by molar-refractivity contribution is 5.61. The standard InChI is InChI=1S/C20H20FN7/c1-14-12-27(6-7-28(14)18-5-3-4-17(21)8-18)20-15(9-22)10-23-19(25-20)16-11-24-26(2)13-16/h3-5,8,10-11,13-14H,6-7,12H2,1-2H3/t14-/m1/s1. The van der Waals surface area contributed by atoms with E-state index in [4.69, 9.17) is 0 Å². The molecule has 1 aliphatic rings. The molecule has 0 unspecified atom stereocenters. The molecule has 1 saturated heterocycles. The molecule has 0 spiro atoms. The molecule has 1 aliphatic heterocycles. The van der Waals surface area contributed by atoms with Crippen molar-refractivity contribution in [3.05, 3.63) is 54.2 Å². The molecule has 8 heteroatoms. The van der Waals surface area contributed by atoms with E-state index < -0.39 is 0 Å². The lowest BCUT2D eigenvalue weighted by atomic mass is 10.1. The van der Waals surface area contributed by atoms with Gasteiger partial charge in [0, 0.05) is 44.6 Å². The zero-order valence-corrected chi connectivity index (χ0v) is 15.7. The van der Waals surface area contributed by atoms with Crippen molar-refractivity contribution >= 4 is 11.5 Å². The van der Waals surface area contributed by atoms with Gasteiger partial charge in [-0.2, -0.15) is 10.4 Å². The van der Waals surface area contributed by atoms with Crippen molar-refractivity contribution in [2.24, 2.45) is 7.05 Å². The van der Waals surface area contributed by atoms with Crippen LogP contribution in [0.1, 0.15) is 12.5 Å². The first-order valence-corrected chi connectivity index (χ1v) is 9.08. The first-order valence-electron chi connectivity index (χ1n) is 9.08. The summed E-state index contributed by atoms with van der Waals surface area (Å²) in [5, 5.41) is 13.7. The Balaban J connectivity index is 1.60. The third kappa shape index (κ3) is 3.39. The van der Waals surface area contributed by atoms with Gasteiger partial charge in [-0.05, 0) is 25.1 Å². The Hall–Kier alpha value is -3.47. The van der Waals surface area contributed by atoms with Crippen molar-refractivity contribution < 1.29 is 4.39 Å². The van der Waals surface area contributed by atoms with Crippen LogP contribution >= 0.6 is 0 Å². The van der Waals surface area contributed by atoms with Gasteiger partial charge in [0.15, 0.2) is 11.6 Å². The molecule has 0 saturated carbocycles. The van der Waals surface area contributed by atoms with Gasteiger partial charge in [-0.1, -0.05) is 6.07 Å². The van der Waals surface area contributed by atoms with Crippen LogP contribution < -0.4 is 9.80 Å². The summed E-state index contributed by atoms with van der Waals surface area (Å²) in [4.78, 5) is 13.2. The van der Waals surface area contributed by atoms with Crippen LogP contribution in [0.15, 0.2) is 42.9 Å². The molecular weight excluding hydrogens is 357 g/mol. The first-order chi connectivity index (χ1) is 13.5. The van der Waals surface area contributed by atoms with Crippen molar-refractivity contribution in [3.8, 4) is 17.5 Å². The van der Waals surface area contributed by atoms with E-state index in [1.165, 1.54) is 6.07 Å². The normalized spacial score (nSPS) is 16.9. The summed E-state index contributed by atoms with van der Waals surface area (Å²) >= 11 is 0. The number of aryl methyl sites for hydroxylation is 1. The summed E-state index contributed by atoms with van der Waals surface area (Å²) < 4.78 is 15.3. The molecule has 3 heterocycles. The number of hydrogen-bond donors (Lipinski definition) is 0. The minimum absolute atomic E-state index is 0.138. The topological polar surface area (TPSA) is 73.9 Å². The van der Waals surface area contributed by atoms with Gasteiger partial charge in [-0.15, -0.1) is 0 Å². The van der Waals surface area contributed by atoms with Gasteiger partial charge in [0.05, 0.1) is 18.0 Å². The molecule has 0 amide bonds. The second-order valence-corrected chi connectivity index (χ2v) is 6.91. The monoisotopic (exact) mass is 377 g/mol. The Kier molecular flexibility index (Phi) is 4.65. The highest BCUT2D eigenvalue weighted by atomic mass is 19.1. The molecule has 0 N–H and O–H groups in total. The summed E-state index contributed by atoms with van der Waals surface area (Å²) in [7, 11) is 1.83. The Morgan fingerprint density at radius 3 is 2.79 bits per heavy atom. The highest BCUT2D eigenvalue weighted by Crippen LogP contribution is 2.27. The average Bonchev–Trinajstić information content (AvgIpc) is 3.13. The number of anilines is 2. The van der Waals surface area contributed by atoms with Crippen LogP contribution in [-0.4, -0.2) is 45.4 Å². The Morgan fingerprint density at radius 1 is 1.25 bits per heavy atom. The van der Waals surface area contributed by atoms with Gasteiger partial charge in [0.2, 0.25) is 0 Å². The number of hydrogen-bond acceptors (Lipinski definition) is 6. The van der Waals surface area contributed by atoms with Crippen LogP contribution in [0.3, 0.4) is 0 Å². The number of nitriles is 1. The van der Waals surface area contributed by atoms with Crippen molar-refractivity contribution in [1.29, 1.82) is 5.26 Å². The molecule has 3 aromatic rings. The van der Waals surface area contributed by atoms with Gasteiger partial charge in [0.1, 0.15) is 17.4 Å². The molecular formula is C20H20FN7. The predicted molar refractivity (Wildman–Crippen MR) is 104 cm³/mol. The zero-order valence-electron chi connectivity index (χ0n) is 15.7. The van der Waals surface area contributed by atoms with Crippen LogP contribution in [0.25, 0.3) is 11.4 Å². The lowest BCUT2D eigenvalue weighted by molar-refractivity contribution is 0.544. The molecule has 0 radical (unpaired) electrons. The Labute approximate surface area is 162 Å². The van der Waals surface area contributed by atoms with Gasteiger partial charge >= 0.3 is 0 Å². The maximum Gasteiger partial charge on any atom is 0.164 e. The second kappa shape index (κ2) is 7.27. The van der Waals surface area contributed by atoms with Crippen LogP contribution in [0.2, 0.25) is 0 Å². The second-order valence-electron chi connectivity index (χ2n) is 6.91. The highest BCUT2D eigenvalue weighted by Gasteiger charge is 2.27. The molecule has 2 aromatic heterocycles. The predicted octanol–water partition coefficient (Wildman–Crippen LogP) is 2.60. The summed E-state index contributed by atoms with van der Waals surface area (Å²) in [6.07, 6.45) is 5.11. The van der Waals surface area contributed by atoms with E-state index in [-0.39, 0.29) is 11.9 Å². The Morgan fingerprint density at radius 2 is 2.11 bits per heavy atom. The summed E-state index contributed by atoms with van der Waals surface area (Å²) in [5.41, 5.74) is 2.12. The molecule has 1 fully saturated rings. The fourth-order valence-corrected chi connectivity index (χ4v) is 3.56. The lowest BCUT2D eigenvalue weighted by Gasteiger charge is -2.42. The maximum atomic E-state index is 13.6. The SMILES string of the molecule is C[C@@H]1CN(c2nc(-c3cnn(C)c3)ncc2C#N)CCN1c1cccc(F)c1. The van der Waals surface area contributed by atoms with E-state index in [1.54, 1.807) is 29.2 Å². The van der Waals surface area contributed by atoms with Crippen LogP contribution in [-0.2, 0) is 7.05 Å². The van der Waals surface area contributed by atoms with E-state index in [1.807, 2.05) is 19.3 Å². The van der Waals surface area contributed by atoms with Crippen LogP contribution in [0.4, 0.5) is 15.9 Å². The fourth-order valence-electron chi connectivity index (χ4n) is 3.56.